The van der Waals surface area contributed by atoms with Crippen LogP contribution in [-0.4, -0.2) is 32.2 Å². The lowest BCUT2D eigenvalue weighted by Crippen LogP contribution is -2.40. The Bertz CT molecular complexity index is 565. The zero-order chi connectivity index (χ0) is 13.2. The van der Waals surface area contributed by atoms with E-state index in [0.29, 0.717) is 17.0 Å². The number of rotatable bonds is 3. The van der Waals surface area contributed by atoms with Gasteiger partial charge in [0.1, 0.15) is 17.3 Å². The van der Waals surface area contributed by atoms with Crippen LogP contribution in [0, 0.1) is 0 Å². The monoisotopic (exact) mass is 279 g/mol. The molecule has 0 spiro atoms. The van der Waals surface area contributed by atoms with Crippen LogP contribution in [0.1, 0.15) is 39.0 Å². The zero-order valence-electron chi connectivity index (χ0n) is 11.1. The number of nitrogens with zero attached hydrogens (tertiary/aromatic N) is 5. The second kappa shape index (κ2) is 5.33. The SMILES string of the molecule is CCCC1CCCCN1c1cc(Cl)nc2ncnn12. The molecule has 1 fully saturated rings. The van der Waals surface area contributed by atoms with E-state index in [0.717, 1.165) is 12.4 Å². The van der Waals surface area contributed by atoms with Gasteiger partial charge in [0.2, 0.25) is 0 Å². The van der Waals surface area contributed by atoms with Crippen molar-refractivity contribution in [1.29, 1.82) is 0 Å². The Labute approximate surface area is 117 Å². The average molecular weight is 280 g/mol. The van der Waals surface area contributed by atoms with Gasteiger partial charge in [0.25, 0.3) is 5.78 Å². The number of piperidine rings is 1. The predicted molar refractivity (Wildman–Crippen MR) is 75.7 cm³/mol. The van der Waals surface area contributed by atoms with E-state index in [9.17, 15) is 0 Å². The minimum absolute atomic E-state index is 0.483. The molecule has 1 unspecified atom stereocenters. The van der Waals surface area contributed by atoms with Gasteiger partial charge in [-0.05, 0) is 25.7 Å². The number of hydrogen-bond acceptors (Lipinski definition) is 4. The molecule has 1 aliphatic heterocycles. The first kappa shape index (κ1) is 12.7. The molecular weight excluding hydrogens is 262 g/mol. The third-order valence-corrected chi connectivity index (χ3v) is 3.94. The summed E-state index contributed by atoms with van der Waals surface area (Å²) in [5.41, 5.74) is 0. The maximum Gasteiger partial charge on any atom is 0.255 e. The highest BCUT2D eigenvalue weighted by molar-refractivity contribution is 6.29. The second-order valence-electron chi connectivity index (χ2n) is 5.04. The molecule has 1 atom stereocenters. The molecule has 0 bridgehead atoms. The van der Waals surface area contributed by atoms with E-state index in [4.69, 9.17) is 11.6 Å². The van der Waals surface area contributed by atoms with Crippen molar-refractivity contribution in [2.24, 2.45) is 0 Å². The fourth-order valence-electron chi connectivity index (χ4n) is 2.91. The van der Waals surface area contributed by atoms with Gasteiger partial charge < -0.3 is 4.90 Å². The lowest BCUT2D eigenvalue weighted by molar-refractivity contribution is 0.429. The van der Waals surface area contributed by atoms with E-state index in [1.165, 1.54) is 38.4 Å². The van der Waals surface area contributed by atoms with E-state index in [2.05, 4.69) is 26.9 Å². The van der Waals surface area contributed by atoms with Crippen molar-refractivity contribution < 1.29 is 0 Å². The Kier molecular flexibility index (Phi) is 3.55. The van der Waals surface area contributed by atoms with E-state index >= 15 is 0 Å². The zero-order valence-corrected chi connectivity index (χ0v) is 11.8. The number of fused-ring (bicyclic) bond motifs is 1. The maximum atomic E-state index is 6.11. The molecule has 0 aromatic carbocycles. The van der Waals surface area contributed by atoms with Crippen molar-refractivity contribution in [2.45, 2.75) is 45.1 Å². The van der Waals surface area contributed by atoms with Crippen molar-refractivity contribution in [3.8, 4) is 0 Å². The van der Waals surface area contributed by atoms with Gasteiger partial charge in [-0.25, -0.2) is 0 Å². The summed E-state index contributed by atoms with van der Waals surface area (Å²) in [6, 6.07) is 2.47. The fourth-order valence-corrected chi connectivity index (χ4v) is 3.08. The first-order chi connectivity index (χ1) is 9.29. The minimum Gasteiger partial charge on any atom is -0.353 e. The molecule has 0 radical (unpaired) electrons. The first-order valence-electron chi connectivity index (χ1n) is 6.92. The fraction of sp³-hybridized carbons (Fsp3) is 0.615. The molecule has 1 aliphatic rings. The number of aromatic nitrogens is 4. The van der Waals surface area contributed by atoms with Gasteiger partial charge in [-0.3, -0.25) is 0 Å². The van der Waals surface area contributed by atoms with Crippen LogP contribution in [0.25, 0.3) is 5.78 Å². The quantitative estimate of drug-likeness (QED) is 0.811. The number of anilines is 1. The second-order valence-corrected chi connectivity index (χ2v) is 5.43. The summed E-state index contributed by atoms with van der Waals surface area (Å²) in [5, 5.41) is 4.75. The largest absolute Gasteiger partial charge is 0.353 e. The van der Waals surface area contributed by atoms with E-state index in [1.54, 1.807) is 4.52 Å². The van der Waals surface area contributed by atoms with Crippen LogP contribution in [0.5, 0.6) is 0 Å². The highest BCUT2D eigenvalue weighted by Crippen LogP contribution is 2.28. The van der Waals surface area contributed by atoms with Gasteiger partial charge in [0.05, 0.1) is 0 Å². The molecule has 3 rings (SSSR count). The molecule has 3 heterocycles. The highest BCUT2D eigenvalue weighted by atomic mass is 35.5. The summed E-state index contributed by atoms with van der Waals surface area (Å²) in [6.45, 7) is 3.29. The normalized spacial score (nSPS) is 20.1. The lowest BCUT2D eigenvalue weighted by atomic mass is 9.98. The lowest BCUT2D eigenvalue weighted by Gasteiger charge is -2.37. The first-order valence-corrected chi connectivity index (χ1v) is 7.30. The van der Waals surface area contributed by atoms with Gasteiger partial charge in [-0.15, -0.1) is 0 Å². The van der Waals surface area contributed by atoms with Gasteiger partial charge in [-0.2, -0.15) is 19.6 Å². The molecule has 0 aliphatic carbocycles. The standard InChI is InChI=1S/C13H18ClN5/c1-2-5-10-6-3-4-7-18(10)12-8-11(14)17-13-15-9-16-19(12)13/h8-10H,2-7H2,1H3. The van der Waals surface area contributed by atoms with Crippen molar-refractivity contribution in [1.82, 2.24) is 19.6 Å². The van der Waals surface area contributed by atoms with Gasteiger partial charge in [-0.1, -0.05) is 24.9 Å². The Morgan fingerprint density at radius 1 is 1.42 bits per heavy atom. The molecule has 0 amide bonds. The van der Waals surface area contributed by atoms with Crippen LogP contribution < -0.4 is 4.90 Å². The van der Waals surface area contributed by atoms with Crippen LogP contribution in [0.15, 0.2) is 12.4 Å². The van der Waals surface area contributed by atoms with Crippen LogP contribution in [-0.2, 0) is 0 Å². The van der Waals surface area contributed by atoms with Gasteiger partial charge in [0.15, 0.2) is 0 Å². The van der Waals surface area contributed by atoms with Crippen LogP contribution in [0.4, 0.5) is 5.82 Å². The number of hydrogen-bond donors (Lipinski definition) is 0. The molecule has 1 saturated heterocycles. The molecule has 19 heavy (non-hydrogen) atoms. The Balaban J connectivity index is 2.03. The molecule has 0 N–H and O–H groups in total. The van der Waals surface area contributed by atoms with Crippen molar-refractivity contribution in [3.05, 3.63) is 17.5 Å². The highest BCUT2D eigenvalue weighted by Gasteiger charge is 2.24. The molecular formula is C13H18ClN5. The van der Waals surface area contributed by atoms with Crippen LogP contribution >= 0.6 is 11.6 Å². The molecule has 2 aromatic rings. The third-order valence-electron chi connectivity index (χ3n) is 3.75. The van der Waals surface area contributed by atoms with E-state index in [1.807, 2.05) is 6.07 Å². The average Bonchev–Trinajstić information content (AvgIpc) is 2.87. The smallest absolute Gasteiger partial charge is 0.255 e. The summed E-state index contributed by atoms with van der Waals surface area (Å²) >= 11 is 6.11. The third kappa shape index (κ3) is 2.39. The summed E-state index contributed by atoms with van der Waals surface area (Å²) < 4.78 is 1.79. The van der Waals surface area contributed by atoms with E-state index in [-0.39, 0.29) is 0 Å². The Morgan fingerprint density at radius 2 is 2.32 bits per heavy atom. The molecule has 6 heteroatoms. The van der Waals surface area contributed by atoms with E-state index < -0.39 is 0 Å². The van der Waals surface area contributed by atoms with Crippen molar-refractivity contribution in [3.63, 3.8) is 0 Å². The Morgan fingerprint density at radius 3 is 3.16 bits per heavy atom. The molecule has 102 valence electrons. The summed E-state index contributed by atoms with van der Waals surface area (Å²) in [7, 11) is 0. The molecule has 0 saturated carbocycles. The van der Waals surface area contributed by atoms with Crippen molar-refractivity contribution >= 4 is 23.2 Å². The predicted octanol–water partition coefficient (Wildman–Crippen LogP) is 2.94. The maximum absolute atomic E-state index is 6.11. The van der Waals surface area contributed by atoms with Crippen molar-refractivity contribution in [2.75, 3.05) is 11.4 Å². The van der Waals surface area contributed by atoms with Gasteiger partial charge in [0, 0.05) is 18.7 Å². The summed E-state index contributed by atoms with van der Waals surface area (Å²) in [5.74, 6) is 1.59. The van der Waals surface area contributed by atoms with Crippen LogP contribution in [0.3, 0.4) is 0 Å². The molecule has 2 aromatic heterocycles. The Hall–Kier alpha value is -1.36. The summed E-state index contributed by atoms with van der Waals surface area (Å²) in [6.07, 6.45) is 7.69. The number of halogens is 1. The topological polar surface area (TPSA) is 46.3 Å². The van der Waals surface area contributed by atoms with Crippen LogP contribution in [0.2, 0.25) is 5.15 Å². The minimum atomic E-state index is 0.483. The molecule has 5 nitrogen and oxygen atoms in total. The summed E-state index contributed by atoms with van der Waals surface area (Å²) in [4.78, 5) is 10.7. The van der Waals surface area contributed by atoms with Gasteiger partial charge >= 0.3 is 0 Å².